The fourth-order valence-corrected chi connectivity index (χ4v) is 1.57. The highest BCUT2D eigenvalue weighted by molar-refractivity contribution is 4.91. The average molecular weight is 211 g/mol. The Morgan fingerprint density at radius 1 is 1.60 bits per heavy atom. The van der Waals surface area contributed by atoms with Crippen LogP contribution in [0.3, 0.4) is 0 Å². The minimum Gasteiger partial charge on any atom is -0.396 e. The second-order valence-electron chi connectivity index (χ2n) is 3.93. The van der Waals surface area contributed by atoms with Crippen molar-refractivity contribution in [2.24, 2.45) is 7.05 Å². The molecule has 1 heterocycles. The number of rotatable bonds is 7. The first-order valence-corrected chi connectivity index (χ1v) is 5.54. The van der Waals surface area contributed by atoms with Gasteiger partial charge in [-0.2, -0.15) is 0 Å². The zero-order chi connectivity index (χ0) is 11.1. The lowest BCUT2D eigenvalue weighted by Gasteiger charge is -2.12. The summed E-state index contributed by atoms with van der Waals surface area (Å²) in [7, 11) is 2.01. The van der Waals surface area contributed by atoms with E-state index in [0.29, 0.717) is 6.04 Å². The van der Waals surface area contributed by atoms with Gasteiger partial charge in [-0.3, -0.25) is 0 Å². The van der Waals surface area contributed by atoms with Gasteiger partial charge in [0.1, 0.15) is 5.82 Å². The Kier molecular flexibility index (Phi) is 5.36. The number of nitrogens with zero attached hydrogens (tertiary/aromatic N) is 2. The van der Waals surface area contributed by atoms with E-state index in [4.69, 9.17) is 5.11 Å². The van der Waals surface area contributed by atoms with Gasteiger partial charge in [-0.25, -0.2) is 4.98 Å². The molecule has 0 aliphatic carbocycles. The molecule has 1 aromatic rings. The van der Waals surface area contributed by atoms with E-state index in [1.807, 2.05) is 24.0 Å². The number of aromatic nitrogens is 2. The van der Waals surface area contributed by atoms with Crippen molar-refractivity contribution < 1.29 is 5.11 Å². The number of aryl methyl sites for hydroxylation is 1. The van der Waals surface area contributed by atoms with Gasteiger partial charge in [-0.05, 0) is 19.8 Å². The highest BCUT2D eigenvalue weighted by atomic mass is 16.2. The van der Waals surface area contributed by atoms with Gasteiger partial charge >= 0.3 is 0 Å². The summed E-state index contributed by atoms with van der Waals surface area (Å²) < 4.78 is 2.04. The molecule has 0 saturated carbocycles. The van der Waals surface area contributed by atoms with Crippen LogP contribution in [-0.2, 0) is 13.5 Å². The first-order valence-electron chi connectivity index (χ1n) is 5.54. The van der Waals surface area contributed by atoms with Crippen LogP contribution in [0.15, 0.2) is 12.4 Å². The molecule has 0 aliphatic rings. The zero-order valence-corrected chi connectivity index (χ0v) is 9.61. The molecule has 0 aliphatic heterocycles. The Morgan fingerprint density at radius 3 is 3.00 bits per heavy atom. The van der Waals surface area contributed by atoms with Gasteiger partial charge in [0.25, 0.3) is 0 Å². The van der Waals surface area contributed by atoms with Crippen molar-refractivity contribution in [1.82, 2.24) is 14.9 Å². The van der Waals surface area contributed by atoms with Gasteiger partial charge in [0.15, 0.2) is 0 Å². The Bertz CT molecular complexity index is 273. The van der Waals surface area contributed by atoms with Crippen LogP contribution in [0.25, 0.3) is 0 Å². The Labute approximate surface area is 91.3 Å². The summed E-state index contributed by atoms with van der Waals surface area (Å²) >= 11 is 0. The number of aliphatic hydroxyl groups excluding tert-OH is 1. The summed E-state index contributed by atoms with van der Waals surface area (Å²) in [4.78, 5) is 4.26. The monoisotopic (exact) mass is 211 g/mol. The topological polar surface area (TPSA) is 50.1 Å². The Balaban J connectivity index is 2.13. The molecule has 4 nitrogen and oxygen atoms in total. The molecule has 1 rings (SSSR count). The van der Waals surface area contributed by atoms with Crippen LogP contribution in [0.5, 0.6) is 0 Å². The van der Waals surface area contributed by atoms with Crippen LogP contribution in [0.4, 0.5) is 0 Å². The van der Waals surface area contributed by atoms with Crippen LogP contribution in [0.2, 0.25) is 0 Å². The van der Waals surface area contributed by atoms with Gasteiger partial charge in [-0.15, -0.1) is 0 Å². The summed E-state index contributed by atoms with van der Waals surface area (Å²) in [6.07, 6.45) is 6.63. The van der Waals surface area contributed by atoms with E-state index < -0.39 is 0 Å². The summed E-state index contributed by atoms with van der Waals surface area (Å²) in [5.41, 5.74) is 0. The molecule has 0 fully saturated rings. The molecule has 0 bridgehead atoms. The normalized spacial score (nSPS) is 13.0. The fourth-order valence-electron chi connectivity index (χ4n) is 1.57. The molecule has 1 aromatic heterocycles. The molecule has 0 radical (unpaired) electrons. The Hall–Kier alpha value is -0.870. The molecule has 0 amide bonds. The number of hydrogen-bond acceptors (Lipinski definition) is 3. The number of nitrogens with one attached hydrogen (secondary N) is 1. The molecule has 0 aromatic carbocycles. The number of imidazole rings is 1. The summed E-state index contributed by atoms with van der Waals surface area (Å²) in [6.45, 7) is 3.37. The van der Waals surface area contributed by atoms with E-state index in [0.717, 1.165) is 31.6 Å². The minimum absolute atomic E-state index is 0.283. The zero-order valence-electron chi connectivity index (χ0n) is 9.61. The highest BCUT2D eigenvalue weighted by Gasteiger charge is 2.02. The van der Waals surface area contributed by atoms with E-state index in [1.54, 1.807) is 0 Å². The molecular formula is C11H21N3O. The molecule has 1 unspecified atom stereocenters. The summed E-state index contributed by atoms with van der Waals surface area (Å²) in [5.74, 6) is 1.11. The molecular weight excluding hydrogens is 190 g/mol. The SMILES string of the molecule is CC(CCCO)NCCc1nccn1C. The van der Waals surface area contributed by atoms with Gasteiger partial charge in [0.05, 0.1) is 0 Å². The first-order chi connectivity index (χ1) is 7.24. The van der Waals surface area contributed by atoms with Crippen LogP contribution >= 0.6 is 0 Å². The van der Waals surface area contributed by atoms with E-state index in [-0.39, 0.29) is 6.61 Å². The van der Waals surface area contributed by atoms with E-state index in [9.17, 15) is 0 Å². The van der Waals surface area contributed by atoms with Crippen molar-refractivity contribution in [3.63, 3.8) is 0 Å². The average Bonchev–Trinajstić information content (AvgIpc) is 2.61. The molecule has 4 heteroatoms. The van der Waals surface area contributed by atoms with E-state index in [1.165, 1.54) is 0 Å². The van der Waals surface area contributed by atoms with E-state index in [2.05, 4.69) is 17.2 Å². The standard InChI is InChI=1S/C11H21N3O/c1-10(4-3-9-15)12-6-5-11-13-7-8-14(11)2/h7-8,10,12,15H,3-6,9H2,1-2H3. The lowest BCUT2D eigenvalue weighted by atomic mass is 10.2. The smallest absolute Gasteiger partial charge is 0.109 e. The molecule has 86 valence electrons. The molecule has 0 spiro atoms. The number of aliphatic hydroxyl groups is 1. The molecule has 2 N–H and O–H groups in total. The third-order valence-electron chi connectivity index (χ3n) is 2.56. The largest absolute Gasteiger partial charge is 0.396 e. The number of hydrogen-bond donors (Lipinski definition) is 2. The van der Waals surface area contributed by atoms with Gasteiger partial charge < -0.3 is 15.0 Å². The second kappa shape index (κ2) is 6.58. The van der Waals surface area contributed by atoms with Crippen LogP contribution in [-0.4, -0.2) is 33.9 Å². The van der Waals surface area contributed by atoms with Crippen molar-refractivity contribution in [3.8, 4) is 0 Å². The summed E-state index contributed by atoms with van der Waals surface area (Å²) in [5, 5.41) is 12.1. The highest BCUT2D eigenvalue weighted by Crippen LogP contribution is 1.97. The van der Waals surface area contributed by atoms with Crippen LogP contribution in [0.1, 0.15) is 25.6 Å². The van der Waals surface area contributed by atoms with Gasteiger partial charge in [-0.1, -0.05) is 0 Å². The first kappa shape index (κ1) is 12.2. The van der Waals surface area contributed by atoms with E-state index >= 15 is 0 Å². The molecule has 1 atom stereocenters. The predicted molar refractivity (Wildman–Crippen MR) is 60.7 cm³/mol. The van der Waals surface area contributed by atoms with Crippen molar-refractivity contribution in [1.29, 1.82) is 0 Å². The maximum Gasteiger partial charge on any atom is 0.109 e. The second-order valence-corrected chi connectivity index (χ2v) is 3.93. The predicted octanol–water partition coefficient (Wildman–Crippen LogP) is 0.713. The van der Waals surface area contributed by atoms with Crippen molar-refractivity contribution in [3.05, 3.63) is 18.2 Å². The maximum absolute atomic E-state index is 8.69. The van der Waals surface area contributed by atoms with Crippen LogP contribution in [0, 0.1) is 0 Å². The lowest BCUT2D eigenvalue weighted by Crippen LogP contribution is -2.28. The maximum atomic E-state index is 8.69. The Morgan fingerprint density at radius 2 is 2.40 bits per heavy atom. The van der Waals surface area contributed by atoms with Crippen LogP contribution < -0.4 is 5.32 Å². The van der Waals surface area contributed by atoms with Crippen molar-refractivity contribution in [2.75, 3.05) is 13.2 Å². The van der Waals surface area contributed by atoms with Crippen molar-refractivity contribution >= 4 is 0 Å². The fraction of sp³-hybridized carbons (Fsp3) is 0.727. The third kappa shape index (κ3) is 4.44. The minimum atomic E-state index is 0.283. The van der Waals surface area contributed by atoms with Crippen molar-refractivity contribution in [2.45, 2.75) is 32.2 Å². The molecule has 15 heavy (non-hydrogen) atoms. The quantitative estimate of drug-likeness (QED) is 0.698. The van der Waals surface area contributed by atoms with Gasteiger partial charge in [0.2, 0.25) is 0 Å². The van der Waals surface area contributed by atoms with Gasteiger partial charge in [0, 0.05) is 45.1 Å². The third-order valence-corrected chi connectivity index (χ3v) is 2.56. The summed E-state index contributed by atoms with van der Waals surface area (Å²) in [6, 6.07) is 0.470. The molecule has 0 saturated heterocycles. The lowest BCUT2D eigenvalue weighted by molar-refractivity contribution is 0.276.